The number of aliphatic hydroxyl groups is 1. The summed E-state index contributed by atoms with van der Waals surface area (Å²) in [7, 11) is 0. The van der Waals surface area contributed by atoms with E-state index in [1.165, 1.54) is 0 Å². The second-order valence-electron chi connectivity index (χ2n) is 4.39. The second kappa shape index (κ2) is 4.38. The summed E-state index contributed by atoms with van der Waals surface area (Å²) in [4.78, 5) is 0. The van der Waals surface area contributed by atoms with Crippen molar-refractivity contribution in [3.05, 3.63) is 28.2 Å². The minimum atomic E-state index is -0.416. The lowest BCUT2D eigenvalue weighted by atomic mass is 9.85. The van der Waals surface area contributed by atoms with Crippen molar-refractivity contribution in [1.29, 1.82) is 0 Å². The Labute approximate surface area is 105 Å². The minimum Gasteiger partial charge on any atom is -0.487 e. The third-order valence-electron chi connectivity index (χ3n) is 3.51. The Morgan fingerprint density at radius 3 is 2.75 bits per heavy atom. The average molecular weight is 285 g/mol. The third kappa shape index (κ3) is 1.98. The molecule has 1 aliphatic rings. The SMILES string of the molecule is CCC1(CC)C[C@H](O)c2cc(Br)ccc2O1. The van der Waals surface area contributed by atoms with Crippen molar-refractivity contribution in [2.45, 2.75) is 44.8 Å². The van der Waals surface area contributed by atoms with Crippen LogP contribution in [0.5, 0.6) is 5.75 Å². The van der Waals surface area contributed by atoms with Crippen LogP contribution in [0.4, 0.5) is 0 Å². The highest BCUT2D eigenvalue weighted by molar-refractivity contribution is 9.10. The van der Waals surface area contributed by atoms with Gasteiger partial charge in [-0.1, -0.05) is 29.8 Å². The molecule has 1 N–H and O–H groups in total. The molecule has 3 heteroatoms. The van der Waals surface area contributed by atoms with Crippen molar-refractivity contribution in [2.75, 3.05) is 0 Å². The summed E-state index contributed by atoms with van der Waals surface area (Å²) in [6.45, 7) is 4.22. The van der Waals surface area contributed by atoms with Gasteiger partial charge in [-0.25, -0.2) is 0 Å². The van der Waals surface area contributed by atoms with Crippen LogP contribution in [-0.2, 0) is 0 Å². The smallest absolute Gasteiger partial charge is 0.126 e. The van der Waals surface area contributed by atoms with E-state index in [0.29, 0.717) is 6.42 Å². The molecule has 0 bridgehead atoms. The molecular weight excluding hydrogens is 268 g/mol. The molecule has 1 heterocycles. The fourth-order valence-corrected chi connectivity index (χ4v) is 2.67. The first-order chi connectivity index (χ1) is 7.60. The van der Waals surface area contributed by atoms with Crippen LogP contribution in [0.25, 0.3) is 0 Å². The molecule has 0 amide bonds. The molecule has 1 aliphatic heterocycles. The number of hydrogen-bond acceptors (Lipinski definition) is 2. The Morgan fingerprint density at radius 2 is 2.12 bits per heavy atom. The zero-order chi connectivity index (χ0) is 11.8. The van der Waals surface area contributed by atoms with E-state index < -0.39 is 6.10 Å². The van der Waals surface area contributed by atoms with Crippen molar-refractivity contribution in [1.82, 2.24) is 0 Å². The Kier molecular flexibility index (Phi) is 3.27. The van der Waals surface area contributed by atoms with Crippen molar-refractivity contribution in [2.24, 2.45) is 0 Å². The molecule has 2 rings (SSSR count). The third-order valence-corrected chi connectivity index (χ3v) is 4.00. The van der Waals surface area contributed by atoms with Gasteiger partial charge in [0.15, 0.2) is 0 Å². The van der Waals surface area contributed by atoms with E-state index in [1.807, 2.05) is 18.2 Å². The lowest BCUT2D eigenvalue weighted by Gasteiger charge is -2.39. The van der Waals surface area contributed by atoms with Crippen LogP contribution >= 0.6 is 15.9 Å². The molecule has 0 spiro atoms. The fourth-order valence-electron chi connectivity index (χ4n) is 2.29. The highest BCUT2D eigenvalue weighted by atomic mass is 79.9. The monoisotopic (exact) mass is 284 g/mol. The van der Waals surface area contributed by atoms with E-state index in [-0.39, 0.29) is 5.60 Å². The van der Waals surface area contributed by atoms with E-state index in [9.17, 15) is 5.11 Å². The summed E-state index contributed by atoms with van der Waals surface area (Å²) in [6.07, 6.45) is 2.12. The summed E-state index contributed by atoms with van der Waals surface area (Å²) in [5.74, 6) is 0.825. The van der Waals surface area contributed by atoms with Gasteiger partial charge in [0.25, 0.3) is 0 Å². The highest BCUT2D eigenvalue weighted by Crippen LogP contribution is 2.43. The van der Waals surface area contributed by atoms with Gasteiger partial charge in [0.2, 0.25) is 0 Å². The summed E-state index contributed by atoms with van der Waals surface area (Å²) in [5.41, 5.74) is 0.701. The van der Waals surface area contributed by atoms with Crippen LogP contribution in [-0.4, -0.2) is 10.7 Å². The number of ether oxygens (including phenoxy) is 1. The predicted octanol–water partition coefficient (Wildman–Crippen LogP) is 3.82. The van der Waals surface area contributed by atoms with Crippen molar-refractivity contribution < 1.29 is 9.84 Å². The molecule has 1 aromatic rings. The molecule has 16 heavy (non-hydrogen) atoms. The number of rotatable bonds is 2. The van der Waals surface area contributed by atoms with Crippen molar-refractivity contribution in [3.8, 4) is 5.75 Å². The first-order valence-electron chi connectivity index (χ1n) is 5.77. The molecule has 0 radical (unpaired) electrons. The standard InChI is InChI=1S/C13H17BrO2/c1-3-13(4-2)8-11(15)10-7-9(14)5-6-12(10)16-13/h5-7,11,15H,3-4,8H2,1-2H3/t11-/m0/s1. The van der Waals surface area contributed by atoms with Gasteiger partial charge >= 0.3 is 0 Å². The van der Waals surface area contributed by atoms with Gasteiger partial charge in [0.05, 0.1) is 6.10 Å². The van der Waals surface area contributed by atoms with Gasteiger partial charge in [-0.05, 0) is 31.0 Å². The van der Waals surface area contributed by atoms with Crippen LogP contribution in [0.15, 0.2) is 22.7 Å². The van der Waals surface area contributed by atoms with Crippen LogP contribution < -0.4 is 4.74 Å². The van der Waals surface area contributed by atoms with Gasteiger partial charge in [-0.2, -0.15) is 0 Å². The summed E-state index contributed by atoms with van der Waals surface area (Å²) in [5, 5.41) is 10.2. The Morgan fingerprint density at radius 1 is 1.44 bits per heavy atom. The van der Waals surface area contributed by atoms with E-state index in [1.54, 1.807) is 0 Å². The van der Waals surface area contributed by atoms with Crippen LogP contribution in [0, 0.1) is 0 Å². The van der Waals surface area contributed by atoms with Gasteiger partial charge in [-0.3, -0.25) is 0 Å². The maximum Gasteiger partial charge on any atom is 0.126 e. The maximum atomic E-state index is 10.2. The van der Waals surface area contributed by atoms with Crippen molar-refractivity contribution in [3.63, 3.8) is 0 Å². The van der Waals surface area contributed by atoms with Crippen molar-refractivity contribution >= 4 is 15.9 Å². The lowest BCUT2D eigenvalue weighted by molar-refractivity contribution is -0.0196. The molecular formula is C13H17BrO2. The Bertz CT molecular complexity index is 386. The van der Waals surface area contributed by atoms with Crippen LogP contribution in [0.1, 0.15) is 44.8 Å². The molecule has 1 aromatic carbocycles. The topological polar surface area (TPSA) is 29.5 Å². The summed E-state index contributed by atoms with van der Waals surface area (Å²) in [6, 6.07) is 5.82. The predicted molar refractivity (Wildman–Crippen MR) is 67.7 cm³/mol. The molecule has 0 aromatic heterocycles. The molecule has 2 nitrogen and oxygen atoms in total. The normalized spacial score (nSPS) is 22.4. The minimum absolute atomic E-state index is 0.194. The molecule has 0 unspecified atom stereocenters. The van der Waals surface area contributed by atoms with Gasteiger partial charge in [0, 0.05) is 16.5 Å². The average Bonchev–Trinajstić information content (AvgIpc) is 2.30. The molecule has 0 saturated carbocycles. The first-order valence-corrected chi connectivity index (χ1v) is 6.56. The maximum absolute atomic E-state index is 10.2. The van der Waals surface area contributed by atoms with E-state index >= 15 is 0 Å². The Hall–Kier alpha value is -0.540. The second-order valence-corrected chi connectivity index (χ2v) is 5.31. The summed E-state index contributed by atoms with van der Waals surface area (Å²) < 4.78 is 7.04. The molecule has 0 saturated heterocycles. The molecule has 0 aliphatic carbocycles. The highest BCUT2D eigenvalue weighted by Gasteiger charge is 2.37. The van der Waals surface area contributed by atoms with Gasteiger partial charge < -0.3 is 9.84 Å². The molecule has 0 fully saturated rings. The zero-order valence-corrected chi connectivity index (χ0v) is 11.3. The van der Waals surface area contributed by atoms with E-state index in [2.05, 4.69) is 29.8 Å². The van der Waals surface area contributed by atoms with E-state index in [4.69, 9.17) is 4.74 Å². The number of fused-ring (bicyclic) bond motifs is 1. The number of hydrogen-bond donors (Lipinski definition) is 1. The zero-order valence-electron chi connectivity index (χ0n) is 9.66. The largest absolute Gasteiger partial charge is 0.487 e. The van der Waals surface area contributed by atoms with Gasteiger partial charge in [0.1, 0.15) is 11.4 Å². The lowest BCUT2D eigenvalue weighted by Crippen LogP contribution is -2.39. The number of benzene rings is 1. The fraction of sp³-hybridized carbons (Fsp3) is 0.538. The number of halogens is 1. The quantitative estimate of drug-likeness (QED) is 0.895. The number of aliphatic hydroxyl groups excluding tert-OH is 1. The van der Waals surface area contributed by atoms with E-state index in [0.717, 1.165) is 28.6 Å². The van der Waals surface area contributed by atoms with Crippen LogP contribution in [0.2, 0.25) is 0 Å². The summed E-state index contributed by atoms with van der Waals surface area (Å²) >= 11 is 3.41. The van der Waals surface area contributed by atoms with Gasteiger partial charge in [-0.15, -0.1) is 0 Å². The Balaban J connectivity index is 2.40. The van der Waals surface area contributed by atoms with Crippen LogP contribution in [0.3, 0.4) is 0 Å². The molecule has 1 atom stereocenters. The first kappa shape index (κ1) is 11.9. The molecule has 88 valence electrons.